The molecular weight excluding hydrogens is 875 g/mol. The predicted molar refractivity (Wildman–Crippen MR) is 261 cm³/mol. The zero-order valence-electron chi connectivity index (χ0n) is 42.6. The zero-order chi connectivity index (χ0) is 50.2. The van der Waals surface area contributed by atoms with Crippen LogP contribution in [0.4, 0.5) is 4.79 Å². The normalized spacial score (nSPS) is 18.9. The van der Waals surface area contributed by atoms with Gasteiger partial charge in [0.1, 0.15) is 12.1 Å². The van der Waals surface area contributed by atoms with Crippen LogP contribution in [-0.4, -0.2) is 194 Å². The SMILES string of the molecule is CC[C@H](C)[C@@H]([C@@H](CC(=O)N1CCC[C@H]1[C@H](OC)[C@@H](C)C(=O)N[C@@H](Cc1ccccc1)C(=O)NCCOCCOCCNC(=O)NCC1CCNCC1)OC)N(C)C(=O)[C@H](C)NC(=O)[C@H](C)N(C)C. The Kier molecular flexibility index (Phi) is 26.4. The first-order chi connectivity index (χ1) is 32.5. The minimum atomic E-state index is -0.897. The van der Waals surface area contributed by atoms with Crippen molar-refractivity contribution >= 4 is 35.6 Å². The fourth-order valence-electron chi connectivity index (χ4n) is 8.92. The van der Waals surface area contributed by atoms with E-state index in [4.69, 9.17) is 18.9 Å². The lowest BCUT2D eigenvalue weighted by atomic mass is 9.90. The summed E-state index contributed by atoms with van der Waals surface area (Å²) < 4.78 is 23.2. The Hall–Kier alpha value is -4.40. The summed E-state index contributed by atoms with van der Waals surface area (Å²) in [6.45, 7) is 14.1. The van der Waals surface area contributed by atoms with Gasteiger partial charge in [0.05, 0.1) is 69.1 Å². The third-order valence-corrected chi connectivity index (χ3v) is 13.5. The third-order valence-electron chi connectivity index (χ3n) is 13.5. The van der Waals surface area contributed by atoms with Gasteiger partial charge in [0, 0.05) is 53.9 Å². The number of carbonyl (C=O) groups is 6. The maximum atomic E-state index is 14.3. The van der Waals surface area contributed by atoms with E-state index in [1.807, 2.05) is 44.2 Å². The van der Waals surface area contributed by atoms with E-state index in [0.717, 1.165) is 31.5 Å². The molecule has 0 bridgehead atoms. The molecule has 6 N–H and O–H groups in total. The smallest absolute Gasteiger partial charge is 0.314 e. The van der Waals surface area contributed by atoms with Crippen LogP contribution >= 0.6 is 0 Å². The molecule has 1 aromatic rings. The van der Waals surface area contributed by atoms with Crippen molar-refractivity contribution in [2.45, 2.75) is 122 Å². The lowest BCUT2D eigenvalue weighted by Gasteiger charge is -2.40. The zero-order valence-corrected chi connectivity index (χ0v) is 42.6. The molecule has 19 heteroatoms. The number of hydrogen-bond donors (Lipinski definition) is 6. The number of nitrogens with zero attached hydrogens (tertiary/aromatic N) is 3. The maximum absolute atomic E-state index is 14.3. The number of benzene rings is 1. The molecule has 0 aliphatic carbocycles. The number of likely N-dealkylation sites (N-methyl/N-ethyl adjacent to an activating group) is 2. The summed E-state index contributed by atoms with van der Waals surface area (Å²) in [5.41, 5.74) is 0.868. The standard InChI is InChI=1S/C49H85N9O10/c1-11-33(2)43(57(8)48(63)35(4)54-46(61)36(5)56(6)7)41(65-9)31-42(59)58-25-15-18-40(58)44(66-10)34(3)45(60)55-39(30-37-16-13-12-14-17-37)47(62)51-23-26-67-28-29-68-27-24-52-49(64)53-32-38-19-21-50-22-20-38/h12-14,16-17,33-36,38-41,43-44,50H,11,15,18-32H2,1-10H3,(H,51,62)(H,54,61)(H,55,60)(H2,52,53,64)/t33-,34+,35-,36-,39-,40-,41+,43-,44+/m0/s1. The first-order valence-corrected chi connectivity index (χ1v) is 24.6. The number of urea groups is 1. The Balaban J connectivity index is 1.55. The summed E-state index contributed by atoms with van der Waals surface area (Å²) in [4.78, 5) is 85.7. The largest absolute Gasteiger partial charge is 0.379 e. The molecule has 0 aromatic heterocycles. The number of methoxy groups -OCH3 is 2. The number of carbonyl (C=O) groups excluding carboxylic acids is 6. The highest BCUT2D eigenvalue weighted by Gasteiger charge is 2.43. The molecule has 2 saturated heterocycles. The Morgan fingerprint density at radius 1 is 0.794 bits per heavy atom. The average Bonchev–Trinajstić information content (AvgIpc) is 3.83. The molecule has 7 amide bonds. The van der Waals surface area contributed by atoms with Crippen molar-refractivity contribution in [2.75, 3.05) is 101 Å². The fraction of sp³-hybridized carbons (Fsp3) is 0.755. The van der Waals surface area contributed by atoms with Gasteiger partial charge in [-0.3, -0.25) is 28.9 Å². The molecule has 19 nitrogen and oxygen atoms in total. The molecule has 2 aliphatic rings. The monoisotopic (exact) mass is 960 g/mol. The van der Waals surface area contributed by atoms with Crippen LogP contribution in [0.25, 0.3) is 0 Å². The van der Waals surface area contributed by atoms with Crippen molar-refractivity contribution in [3.63, 3.8) is 0 Å². The van der Waals surface area contributed by atoms with Gasteiger partial charge in [0.25, 0.3) is 0 Å². The number of ether oxygens (including phenoxy) is 4. The average molecular weight is 960 g/mol. The predicted octanol–water partition coefficient (Wildman–Crippen LogP) is 1.54. The number of hydrogen-bond acceptors (Lipinski definition) is 12. The molecule has 68 heavy (non-hydrogen) atoms. The Morgan fingerprint density at radius 2 is 1.44 bits per heavy atom. The highest BCUT2D eigenvalue weighted by molar-refractivity contribution is 5.90. The van der Waals surface area contributed by atoms with E-state index >= 15 is 0 Å². The summed E-state index contributed by atoms with van der Waals surface area (Å²) >= 11 is 0. The molecule has 2 heterocycles. The van der Waals surface area contributed by atoms with Gasteiger partial charge in [-0.25, -0.2) is 4.79 Å². The van der Waals surface area contributed by atoms with Crippen molar-refractivity contribution in [1.29, 1.82) is 0 Å². The quantitative estimate of drug-likeness (QED) is 0.0606. The second-order valence-corrected chi connectivity index (χ2v) is 18.6. The van der Waals surface area contributed by atoms with Gasteiger partial charge in [-0.1, -0.05) is 57.5 Å². The summed E-state index contributed by atoms with van der Waals surface area (Å²) in [5, 5.41) is 17.7. The molecular formula is C49H85N9O10. The summed E-state index contributed by atoms with van der Waals surface area (Å²) in [5.74, 6) is -1.77. The van der Waals surface area contributed by atoms with Crippen molar-refractivity contribution in [3.8, 4) is 0 Å². The molecule has 0 spiro atoms. The number of piperidine rings is 1. The molecule has 0 saturated carbocycles. The highest BCUT2D eigenvalue weighted by atomic mass is 16.5. The van der Waals surface area contributed by atoms with Gasteiger partial charge in [-0.05, 0) is 84.1 Å². The van der Waals surface area contributed by atoms with E-state index in [2.05, 4.69) is 31.9 Å². The Morgan fingerprint density at radius 3 is 2.04 bits per heavy atom. The van der Waals surface area contributed by atoms with Gasteiger partial charge in [-0.15, -0.1) is 0 Å². The van der Waals surface area contributed by atoms with Crippen LogP contribution in [0.2, 0.25) is 0 Å². The van der Waals surface area contributed by atoms with E-state index < -0.39 is 48.3 Å². The Bertz CT molecular complexity index is 1690. The van der Waals surface area contributed by atoms with E-state index in [0.29, 0.717) is 64.6 Å². The van der Waals surface area contributed by atoms with Crippen LogP contribution in [0.1, 0.15) is 78.7 Å². The van der Waals surface area contributed by atoms with Crippen LogP contribution in [0.5, 0.6) is 0 Å². The minimum absolute atomic E-state index is 0.0123. The van der Waals surface area contributed by atoms with Gasteiger partial charge >= 0.3 is 6.03 Å². The molecule has 386 valence electrons. The number of nitrogens with one attached hydrogen (secondary N) is 6. The van der Waals surface area contributed by atoms with Gasteiger partial charge in [0.15, 0.2) is 0 Å². The van der Waals surface area contributed by atoms with Gasteiger partial charge in [0.2, 0.25) is 29.5 Å². The molecule has 3 rings (SSSR count). The van der Waals surface area contributed by atoms with Crippen molar-refractivity contribution in [1.82, 2.24) is 46.6 Å². The first-order valence-electron chi connectivity index (χ1n) is 24.6. The summed E-state index contributed by atoms with van der Waals surface area (Å²) in [6.07, 6.45) is 3.06. The third kappa shape index (κ3) is 18.8. The van der Waals surface area contributed by atoms with Crippen molar-refractivity contribution in [3.05, 3.63) is 35.9 Å². The lowest BCUT2D eigenvalue weighted by molar-refractivity contribution is -0.147. The maximum Gasteiger partial charge on any atom is 0.314 e. The van der Waals surface area contributed by atoms with Crippen LogP contribution in [0.15, 0.2) is 30.3 Å². The molecule has 2 aliphatic heterocycles. The second-order valence-electron chi connectivity index (χ2n) is 18.6. The molecule has 0 unspecified atom stereocenters. The second kappa shape index (κ2) is 31.0. The van der Waals surface area contributed by atoms with Crippen LogP contribution in [0, 0.1) is 17.8 Å². The highest BCUT2D eigenvalue weighted by Crippen LogP contribution is 2.29. The van der Waals surface area contributed by atoms with Crippen molar-refractivity contribution in [2.24, 2.45) is 17.8 Å². The van der Waals surface area contributed by atoms with Gasteiger partial charge in [-0.2, -0.15) is 0 Å². The Labute approximate surface area is 405 Å². The van der Waals surface area contributed by atoms with Crippen molar-refractivity contribution < 1.29 is 47.7 Å². The summed E-state index contributed by atoms with van der Waals surface area (Å²) in [6, 6.07) is 6.21. The number of likely N-dealkylation sites (tertiary alicyclic amines) is 1. The van der Waals surface area contributed by atoms with E-state index in [-0.39, 0.29) is 67.5 Å². The molecule has 0 radical (unpaired) electrons. The van der Waals surface area contributed by atoms with E-state index in [9.17, 15) is 28.8 Å². The molecule has 1 aromatic carbocycles. The minimum Gasteiger partial charge on any atom is -0.379 e. The van der Waals surface area contributed by atoms with Crippen LogP contribution in [-0.2, 0) is 49.3 Å². The van der Waals surface area contributed by atoms with Gasteiger partial charge < -0.3 is 60.6 Å². The number of rotatable bonds is 30. The lowest BCUT2D eigenvalue weighted by Crippen LogP contribution is -2.57. The molecule has 2 fully saturated rings. The molecule has 9 atom stereocenters. The van der Waals surface area contributed by atoms with Crippen LogP contribution in [0.3, 0.4) is 0 Å². The summed E-state index contributed by atoms with van der Waals surface area (Å²) in [7, 11) is 8.34. The van der Waals surface area contributed by atoms with E-state index in [1.165, 1.54) is 14.2 Å². The number of amides is 7. The van der Waals surface area contributed by atoms with E-state index in [1.54, 1.807) is 56.6 Å². The first kappa shape index (κ1) is 57.9. The fourth-order valence-corrected chi connectivity index (χ4v) is 8.92. The van der Waals surface area contributed by atoms with Crippen LogP contribution < -0.4 is 31.9 Å². The topological polar surface area (TPSA) is 221 Å².